The maximum Gasteiger partial charge on any atom is 0.329 e. The summed E-state index contributed by atoms with van der Waals surface area (Å²) in [6.45, 7) is 0.168. The van der Waals surface area contributed by atoms with Gasteiger partial charge in [0.1, 0.15) is 11.8 Å². The number of imide groups is 1. The average molecular weight is 458 g/mol. The topological polar surface area (TPSA) is 73.5 Å². The Bertz CT molecular complexity index is 1160. The van der Waals surface area contributed by atoms with Gasteiger partial charge in [-0.25, -0.2) is 4.79 Å². The minimum atomic E-state index is -0.712. The van der Waals surface area contributed by atoms with E-state index in [1.807, 2.05) is 30.3 Å². The number of aromatic nitrogens is 2. The van der Waals surface area contributed by atoms with E-state index in [0.717, 1.165) is 15.6 Å². The maximum absolute atomic E-state index is 13.3. The summed E-state index contributed by atoms with van der Waals surface area (Å²) in [7, 11) is 3.26. The number of hydrogen-bond donors (Lipinski definition) is 0. The van der Waals surface area contributed by atoms with Gasteiger partial charge in [0.15, 0.2) is 0 Å². The summed E-state index contributed by atoms with van der Waals surface area (Å²) in [6.07, 6.45) is 0.520. The molecule has 29 heavy (non-hydrogen) atoms. The molecule has 0 radical (unpaired) electrons. The fourth-order valence-corrected chi connectivity index (χ4v) is 4.45. The Hall–Kier alpha value is -2.87. The minimum absolute atomic E-state index is 0.168. The number of halogens is 1. The van der Waals surface area contributed by atoms with Gasteiger partial charge in [0.05, 0.1) is 24.7 Å². The third-order valence-electron chi connectivity index (χ3n) is 5.35. The molecule has 8 heteroatoms. The average Bonchev–Trinajstić information content (AvgIpc) is 2.97. The first-order valence-corrected chi connectivity index (χ1v) is 10.0. The van der Waals surface area contributed by atoms with Gasteiger partial charge in [-0.3, -0.25) is 23.6 Å². The van der Waals surface area contributed by atoms with Gasteiger partial charge >= 0.3 is 5.69 Å². The molecule has 150 valence electrons. The molecule has 2 aromatic carbocycles. The largest absolute Gasteiger partial charge is 0.497 e. The lowest BCUT2D eigenvalue weighted by Crippen LogP contribution is -2.47. The molecule has 1 aromatic heterocycles. The highest BCUT2D eigenvalue weighted by atomic mass is 79.9. The number of hydrogen-bond acceptors (Lipinski definition) is 4. The number of para-hydroxylation sites is 1. The van der Waals surface area contributed by atoms with E-state index in [1.54, 1.807) is 26.3 Å². The van der Waals surface area contributed by atoms with E-state index in [1.165, 1.54) is 14.0 Å². The maximum atomic E-state index is 13.3. The lowest BCUT2D eigenvalue weighted by Gasteiger charge is -2.31. The number of piperidine rings is 1. The zero-order valence-electron chi connectivity index (χ0n) is 16.1. The van der Waals surface area contributed by atoms with Crippen LogP contribution in [-0.4, -0.2) is 33.0 Å². The van der Waals surface area contributed by atoms with Crippen LogP contribution in [0.5, 0.6) is 5.75 Å². The Kier molecular flexibility index (Phi) is 5.04. The number of imidazole rings is 1. The van der Waals surface area contributed by atoms with Gasteiger partial charge < -0.3 is 4.74 Å². The van der Waals surface area contributed by atoms with Crippen molar-refractivity contribution in [3.8, 4) is 5.75 Å². The molecule has 2 heterocycles. The molecule has 4 rings (SSSR count). The number of aryl methyl sites for hydroxylation is 1. The van der Waals surface area contributed by atoms with Crippen LogP contribution in [0.3, 0.4) is 0 Å². The van der Waals surface area contributed by atoms with Crippen LogP contribution >= 0.6 is 15.9 Å². The SMILES string of the molecule is COc1ccc(CN2C(=O)CCC(n3c(=O)n(C)c4c(Br)cccc43)C2=O)cc1. The van der Waals surface area contributed by atoms with Crippen molar-refractivity contribution in [1.29, 1.82) is 0 Å². The van der Waals surface area contributed by atoms with Crippen LogP contribution in [0.4, 0.5) is 0 Å². The van der Waals surface area contributed by atoms with Crippen molar-refractivity contribution in [2.45, 2.75) is 25.4 Å². The van der Waals surface area contributed by atoms with Crippen molar-refractivity contribution < 1.29 is 14.3 Å². The zero-order chi connectivity index (χ0) is 20.7. The predicted octanol–water partition coefficient (Wildman–Crippen LogP) is 3.00. The van der Waals surface area contributed by atoms with Crippen molar-refractivity contribution in [3.05, 3.63) is 63.0 Å². The summed E-state index contributed by atoms with van der Waals surface area (Å²) in [6, 6.07) is 12.0. The number of carbonyl (C=O) groups excluding carboxylic acids is 2. The second-order valence-electron chi connectivity index (χ2n) is 7.04. The highest BCUT2D eigenvalue weighted by molar-refractivity contribution is 9.10. The summed E-state index contributed by atoms with van der Waals surface area (Å²) >= 11 is 3.48. The van der Waals surface area contributed by atoms with Crippen LogP contribution in [0.2, 0.25) is 0 Å². The van der Waals surface area contributed by atoms with Gasteiger partial charge in [0, 0.05) is 17.9 Å². The number of amides is 2. The molecule has 0 saturated carbocycles. The van der Waals surface area contributed by atoms with Crippen molar-refractivity contribution in [2.75, 3.05) is 7.11 Å². The van der Waals surface area contributed by atoms with Crippen molar-refractivity contribution in [1.82, 2.24) is 14.0 Å². The van der Waals surface area contributed by atoms with E-state index in [4.69, 9.17) is 4.74 Å². The summed E-state index contributed by atoms with van der Waals surface area (Å²) in [5.41, 5.74) is 1.94. The van der Waals surface area contributed by atoms with E-state index in [0.29, 0.717) is 17.7 Å². The first-order chi connectivity index (χ1) is 13.9. The van der Waals surface area contributed by atoms with Crippen LogP contribution < -0.4 is 10.4 Å². The minimum Gasteiger partial charge on any atom is -0.497 e. The number of nitrogens with zero attached hydrogens (tertiary/aromatic N) is 3. The van der Waals surface area contributed by atoms with Gasteiger partial charge in [-0.15, -0.1) is 0 Å². The molecular weight excluding hydrogens is 438 g/mol. The highest BCUT2D eigenvalue weighted by Crippen LogP contribution is 2.30. The van der Waals surface area contributed by atoms with Crippen LogP contribution in [-0.2, 0) is 23.2 Å². The second kappa shape index (κ2) is 7.51. The molecule has 3 aromatic rings. The van der Waals surface area contributed by atoms with E-state index < -0.39 is 6.04 Å². The molecule has 1 fully saturated rings. The van der Waals surface area contributed by atoms with Crippen LogP contribution in [0.1, 0.15) is 24.4 Å². The van der Waals surface area contributed by atoms with Gasteiger partial charge in [0.25, 0.3) is 5.91 Å². The molecule has 1 atom stereocenters. The van der Waals surface area contributed by atoms with Gasteiger partial charge in [-0.2, -0.15) is 0 Å². The smallest absolute Gasteiger partial charge is 0.329 e. The standard InChI is InChI=1S/C21H20BrN3O4/c1-23-19-15(22)4-3-5-16(19)25(21(23)28)17-10-11-18(26)24(20(17)27)12-13-6-8-14(29-2)9-7-13/h3-9,17H,10-12H2,1-2H3. The Morgan fingerprint density at radius 2 is 1.83 bits per heavy atom. The first kappa shape index (κ1) is 19.4. The van der Waals surface area contributed by atoms with E-state index >= 15 is 0 Å². The second-order valence-corrected chi connectivity index (χ2v) is 7.89. The predicted molar refractivity (Wildman–Crippen MR) is 112 cm³/mol. The van der Waals surface area contributed by atoms with Gasteiger partial charge in [-0.05, 0) is 52.2 Å². The Balaban J connectivity index is 1.71. The van der Waals surface area contributed by atoms with E-state index in [2.05, 4.69) is 15.9 Å². The number of carbonyl (C=O) groups is 2. The van der Waals surface area contributed by atoms with Crippen molar-refractivity contribution >= 4 is 38.8 Å². The molecule has 1 saturated heterocycles. The molecule has 1 unspecified atom stereocenters. The van der Waals surface area contributed by atoms with Crippen LogP contribution in [0, 0.1) is 0 Å². The molecule has 0 aliphatic carbocycles. The molecule has 0 spiro atoms. The fourth-order valence-electron chi connectivity index (χ4n) is 3.83. The van der Waals surface area contributed by atoms with Crippen LogP contribution in [0.15, 0.2) is 51.7 Å². The first-order valence-electron chi connectivity index (χ1n) is 9.25. The summed E-state index contributed by atoms with van der Waals surface area (Å²) in [5.74, 6) is 0.124. The Morgan fingerprint density at radius 3 is 2.52 bits per heavy atom. The van der Waals surface area contributed by atoms with Crippen LogP contribution in [0.25, 0.3) is 11.0 Å². The number of methoxy groups -OCH3 is 1. The van der Waals surface area contributed by atoms with Crippen molar-refractivity contribution in [3.63, 3.8) is 0 Å². The number of rotatable bonds is 4. The number of ether oxygens (including phenoxy) is 1. The third kappa shape index (κ3) is 3.27. The molecular formula is C21H20BrN3O4. The molecule has 0 bridgehead atoms. The monoisotopic (exact) mass is 457 g/mol. The zero-order valence-corrected chi connectivity index (χ0v) is 17.7. The lowest BCUT2D eigenvalue weighted by atomic mass is 10.0. The summed E-state index contributed by atoms with van der Waals surface area (Å²) < 4.78 is 8.97. The molecule has 7 nitrogen and oxygen atoms in total. The number of likely N-dealkylation sites (tertiary alicyclic amines) is 1. The Morgan fingerprint density at radius 1 is 1.10 bits per heavy atom. The quantitative estimate of drug-likeness (QED) is 0.564. The molecule has 0 N–H and O–H groups in total. The third-order valence-corrected chi connectivity index (χ3v) is 5.99. The molecule has 1 aliphatic heterocycles. The number of benzene rings is 2. The fraction of sp³-hybridized carbons (Fsp3) is 0.286. The van der Waals surface area contributed by atoms with Gasteiger partial charge in [0.2, 0.25) is 5.91 Å². The number of fused-ring (bicyclic) bond motifs is 1. The summed E-state index contributed by atoms with van der Waals surface area (Å²) in [5, 5.41) is 0. The summed E-state index contributed by atoms with van der Waals surface area (Å²) in [4.78, 5) is 39.9. The highest BCUT2D eigenvalue weighted by Gasteiger charge is 2.37. The Labute approximate surface area is 175 Å². The molecule has 1 aliphatic rings. The van der Waals surface area contributed by atoms with E-state index in [9.17, 15) is 14.4 Å². The van der Waals surface area contributed by atoms with E-state index in [-0.39, 0.29) is 30.5 Å². The molecule has 2 amide bonds. The lowest BCUT2D eigenvalue weighted by molar-refractivity contribution is -0.151. The van der Waals surface area contributed by atoms with Crippen molar-refractivity contribution in [2.24, 2.45) is 7.05 Å². The van der Waals surface area contributed by atoms with Gasteiger partial charge in [-0.1, -0.05) is 18.2 Å². The normalized spacial score (nSPS) is 17.2.